The van der Waals surface area contributed by atoms with Crippen LogP contribution in [0, 0.1) is 0 Å². The number of benzene rings is 1. The van der Waals surface area contributed by atoms with Gasteiger partial charge in [-0.2, -0.15) is 52.7 Å². The summed E-state index contributed by atoms with van der Waals surface area (Å²) in [4.78, 5) is 11.9. The number of halogens is 13. The molecule has 0 fully saturated rings. The van der Waals surface area contributed by atoms with E-state index in [1.54, 1.807) is 0 Å². The second kappa shape index (κ2) is 8.51. The van der Waals surface area contributed by atoms with Crippen LogP contribution in [0.2, 0.25) is 13.1 Å². The third-order valence-corrected chi connectivity index (χ3v) is 4.82. The summed E-state index contributed by atoms with van der Waals surface area (Å²) < 4.78 is 156. The molecule has 0 amide bonds. The third kappa shape index (κ3) is 6.40. The molecule has 1 aromatic carbocycles. The molecular weight excluding hydrogens is 520 g/mol. The molecule has 158 valence electrons. The van der Waals surface area contributed by atoms with Gasteiger partial charge in [-0.05, 0) is 8.32 Å². The number of rotatable bonds is 1. The quantitative estimate of drug-likeness (QED) is 0.397. The van der Waals surface area contributed by atoms with Crippen LogP contribution in [0.1, 0.15) is 22.3 Å². The molecule has 0 N–H and O–H groups in total. The fraction of sp³-hybridized carbons (Fsp3) is 0.500. The van der Waals surface area contributed by atoms with E-state index in [0.29, 0.717) is 13.1 Å². The van der Waals surface area contributed by atoms with Crippen LogP contribution in [-0.2, 0) is 24.7 Å². The Balaban J connectivity index is 0. The van der Waals surface area contributed by atoms with E-state index in [1.165, 1.54) is 0 Å². The predicted molar refractivity (Wildman–Crippen MR) is 69.3 cm³/mol. The molecule has 1 rings (SSSR count). The van der Waals surface area contributed by atoms with Gasteiger partial charge >= 0.3 is 47.8 Å². The van der Waals surface area contributed by atoms with E-state index in [-0.39, 0.29) is 40.0 Å². The maximum Gasteiger partial charge on any atom is 2.00 e. The summed E-state index contributed by atoms with van der Waals surface area (Å²) in [7, 11) is -4.83. The second-order valence-electron chi connectivity index (χ2n) is 5.60. The smallest absolute Gasteiger partial charge is 1.00 e. The van der Waals surface area contributed by atoms with Gasteiger partial charge in [-0.15, -0.1) is 0 Å². The second-order valence-corrected chi connectivity index (χ2v) is 9.16. The first kappa shape index (κ1) is 30.0. The van der Waals surface area contributed by atoms with Crippen molar-refractivity contribution in [3.05, 3.63) is 28.3 Å². The Kier molecular flexibility index (Phi) is 9.11. The van der Waals surface area contributed by atoms with Gasteiger partial charge in [0.1, 0.15) is 0 Å². The van der Waals surface area contributed by atoms with Crippen LogP contribution in [0.5, 0.6) is 0 Å². The van der Waals surface area contributed by atoms with Gasteiger partial charge in [0, 0.05) is 0 Å². The average molecular weight is 527 g/mol. The first-order valence-electron chi connectivity index (χ1n) is 6.30. The predicted octanol–water partition coefficient (Wildman–Crippen LogP) is 1.16. The van der Waals surface area contributed by atoms with Crippen molar-refractivity contribution in [2.24, 2.45) is 0 Å². The van der Waals surface area contributed by atoms with Crippen LogP contribution in [0.4, 0.5) is 52.7 Å². The molecule has 1 aromatic rings. The Morgan fingerprint density at radius 2 is 0.964 bits per heavy atom. The summed E-state index contributed by atoms with van der Waals surface area (Å²) in [6, 6.07) is -0.764. The average Bonchev–Trinajstić information content (AvgIpc) is 2.30. The zero-order valence-electron chi connectivity index (χ0n) is 13.6. The molecule has 0 aliphatic rings. The van der Waals surface area contributed by atoms with E-state index in [9.17, 15) is 57.5 Å². The topological polar surface area (TPSA) is 23.1 Å². The zero-order valence-corrected chi connectivity index (χ0v) is 17.6. The normalized spacial score (nSPS) is 13.7. The van der Waals surface area contributed by atoms with Crippen LogP contribution in [0.25, 0.3) is 0 Å². The molecule has 0 atom stereocenters. The van der Waals surface area contributed by atoms with Crippen molar-refractivity contribution in [3.63, 3.8) is 0 Å². The molecule has 28 heavy (non-hydrogen) atoms. The van der Waals surface area contributed by atoms with Crippen molar-refractivity contribution in [2.45, 2.75) is 37.8 Å². The Morgan fingerprint density at radius 1 is 0.643 bits per heavy atom. The molecule has 16 heteroatoms. The summed E-state index contributed by atoms with van der Waals surface area (Å²) in [6.07, 6.45) is -25.1. The van der Waals surface area contributed by atoms with Gasteiger partial charge in [0.2, 0.25) is 0 Å². The summed E-state index contributed by atoms with van der Waals surface area (Å²) >= 11 is 0. The van der Waals surface area contributed by atoms with Gasteiger partial charge in [-0.3, -0.25) is 0 Å². The fourth-order valence-electron chi connectivity index (χ4n) is 2.25. The first-order valence-corrected chi connectivity index (χ1v) is 9.21. The molecule has 0 saturated carbocycles. The summed E-state index contributed by atoms with van der Waals surface area (Å²) in [6.45, 7) is 0.871. The van der Waals surface area contributed by atoms with E-state index in [2.05, 4.69) is 0 Å². The standard InChI is InChI=1S/C12H7F12OSi.BrH.Mg/c1-26(2,25)5-3-4(9(13,14)15)6(10(16,17)18)8(12(22,23)24)7(5)11(19,20)21;;/h3H,1-2H3;1H;/q-1;;+2/p-1. The third-order valence-electron chi connectivity index (χ3n) is 3.13. The van der Waals surface area contributed by atoms with Crippen LogP contribution < -0.4 is 27.0 Å². The first-order chi connectivity index (χ1) is 11.1. The largest absolute Gasteiger partial charge is 2.00 e. The monoisotopic (exact) mass is 526 g/mol. The van der Waals surface area contributed by atoms with Gasteiger partial charge in [0.25, 0.3) is 0 Å². The van der Waals surface area contributed by atoms with Gasteiger partial charge in [-0.25, -0.2) is 0 Å². The Labute approximate surface area is 177 Å². The van der Waals surface area contributed by atoms with E-state index in [0.717, 1.165) is 0 Å². The zero-order chi connectivity index (χ0) is 21.1. The molecule has 0 heterocycles. The fourth-order valence-corrected chi connectivity index (χ4v) is 3.61. The van der Waals surface area contributed by atoms with Crippen LogP contribution in [0.3, 0.4) is 0 Å². The van der Waals surface area contributed by atoms with Crippen molar-refractivity contribution in [2.75, 3.05) is 0 Å². The Bertz CT molecular complexity index is 649. The Hall–Kier alpha value is -0.197. The maximum absolute atomic E-state index is 13.1. The van der Waals surface area contributed by atoms with Gasteiger partial charge in [0.15, 0.2) is 0 Å². The van der Waals surface area contributed by atoms with E-state index in [1.807, 2.05) is 0 Å². The minimum absolute atomic E-state index is 0. The molecule has 0 aliphatic carbocycles. The van der Waals surface area contributed by atoms with E-state index < -0.39 is 66.5 Å². The van der Waals surface area contributed by atoms with Gasteiger partial charge in [0.05, 0.1) is 22.3 Å². The molecule has 0 bridgehead atoms. The molecule has 0 spiro atoms. The molecule has 1 nitrogen and oxygen atoms in total. The molecule has 0 aliphatic heterocycles. The molecule has 0 unspecified atom stereocenters. The molecule has 0 radical (unpaired) electrons. The van der Waals surface area contributed by atoms with Gasteiger partial charge < -0.3 is 21.8 Å². The Morgan fingerprint density at radius 3 is 1.18 bits per heavy atom. The van der Waals surface area contributed by atoms with Crippen molar-refractivity contribution in [3.8, 4) is 0 Å². The van der Waals surface area contributed by atoms with Crippen LogP contribution >= 0.6 is 0 Å². The SMILES string of the molecule is C[Si](C)([O-])c1cc(C(F)(F)F)c(C(F)(F)F)c(C(F)(F)F)c1C(F)(F)F.[Br-].[Mg+2]. The molecular formula is C12H7BrF12MgOSi. The number of alkyl halides is 12. The molecule has 0 aromatic heterocycles. The number of hydrogen-bond donors (Lipinski definition) is 0. The summed E-state index contributed by atoms with van der Waals surface area (Å²) in [5.41, 5.74) is -13.1. The van der Waals surface area contributed by atoms with Crippen molar-refractivity contribution in [1.82, 2.24) is 0 Å². The summed E-state index contributed by atoms with van der Waals surface area (Å²) in [5.74, 6) is 0. The van der Waals surface area contributed by atoms with Crippen molar-refractivity contribution in [1.29, 1.82) is 0 Å². The summed E-state index contributed by atoms with van der Waals surface area (Å²) in [5, 5.41) is -1.96. The van der Waals surface area contributed by atoms with Crippen LogP contribution in [-0.4, -0.2) is 31.4 Å². The van der Waals surface area contributed by atoms with E-state index >= 15 is 0 Å². The maximum atomic E-state index is 13.1. The minimum Gasteiger partial charge on any atom is -1.00 e. The van der Waals surface area contributed by atoms with Crippen LogP contribution in [0.15, 0.2) is 6.07 Å². The van der Waals surface area contributed by atoms with Crippen molar-refractivity contribution < 1.29 is 74.5 Å². The molecule has 0 saturated heterocycles. The van der Waals surface area contributed by atoms with Gasteiger partial charge in [-0.1, -0.05) is 24.3 Å². The van der Waals surface area contributed by atoms with Crippen molar-refractivity contribution >= 4 is 36.6 Å². The minimum atomic E-state index is -6.45. The van der Waals surface area contributed by atoms with E-state index in [4.69, 9.17) is 0 Å². The number of hydrogen-bond acceptors (Lipinski definition) is 1.